The van der Waals surface area contributed by atoms with E-state index in [1.807, 2.05) is 30.3 Å². The number of carbonyl (C=O) groups is 2. The minimum Gasteiger partial charge on any atom is -0.481 e. The van der Waals surface area contributed by atoms with Crippen LogP contribution in [0.15, 0.2) is 46.7 Å². The SMILES string of the molecule is CS(=O)(=O)c1ccc(C(=O)N(CCCC(=O)O)Cc2ccccc2)s1. The molecule has 0 aliphatic heterocycles. The number of rotatable bonds is 8. The Balaban J connectivity index is 2.19. The molecule has 1 amide bonds. The average molecular weight is 381 g/mol. The van der Waals surface area contributed by atoms with Gasteiger partial charge in [-0.3, -0.25) is 9.59 Å². The predicted octanol–water partition coefficient (Wildman–Crippen LogP) is 2.66. The van der Waals surface area contributed by atoms with Crippen LogP contribution in [0.4, 0.5) is 0 Å². The van der Waals surface area contributed by atoms with Crippen molar-refractivity contribution in [3.63, 3.8) is 0 Å². The molecule has 1 N–H and O–H groups in total. The van der Waals surface area contributed by atoms with E-state index in [9.17, 15) is 18.0 Å². The highest BCUT2D eigenvalue weighted by molar-refractivity contribution is 7.92. The molecule has 2 rings (SSSR count). The van der Waals surface area contributed by atoms with E-state index in [2.05, 4.69) is 0 Å². The second-order valence-electron chi connectivity index (χ2n) is 5.60. The third-order valence-electron chi connectivity index (χ3n) is 3.48. The van der Waals surface area contributed by atoms with Gasteiger partial charge in [-0.05, 0) is 24.1 Å². The Kier molecular flexibility index (Phi) is 6.33. The molecule has 1 aromatic heterocycles. The van der Waals surface area contributed by atoms with Gasteiger partial charge in [0.25, 0.3) is 5.91 Å². The van der Waals surface area contributed by atoms with Gasteiger partial charge in [0.2, 0.25) is 0 Å². The van der Waals surface area contributed by atoms with Gasteiger partial charge in [-0.15, -0.1) is 11.3 Å². The smallest absolute Gasteiger partial charge is 0.303 e. The van der Waals surface area contributed by atoms with E-state index in [4.69, 9.17) is 5.11 Å². The number of hydrogen-bond donors (Lipinski definition) is 1. The summed E-state index contributed by atoms with van der Waals surface area (Å²) in [4.78, 5) is 25.4. The summed E-state index contributed by atoms with van der Waals surface area (Å²) in [5.74, 6) is -1.21. The van der Waals surface area contributed by atoms with E-state index in [-0.39, 0.29) is 23.1 Å². The lowest BCUT2D eigenvalue weighted by atomic mass is 10.2. The zero-order valence-electron chi connectivity index (χ0n) is 13.7. The minimum atomic E-state index is -3.36. The van der Waals surface area contributed by atoms with Gasteiger partial charge in [-0.2, -0.15) is 0 Å². The van der Waals surface area contributed by atoms with Crippen LogP contribution in [0.25, 0.3) is 0 Å². The molecule has 0 saturated carbocycles. The molecule has 2 aromatic rings. The van der Waals surface area contributed by atoms with Crippen LogP contribution in [-0.2, 0) is 21.2 Å². The number of carboxylic acids is 1. The van der Waals surface area contributed by atoms with Crippen molar-refractivity contribution in [2.45, 2.75) is 23.6 Å². The van der Waals surface area contributed by atoms with Gasteiger partial charge in [0, 0.05) is 25.8 Å². The van der Waals surface area contributed by atoms with Crippen molar-refractivity contribution < 1.29 is 23.1 Å². The van der Waals surface area contributed by atoms with Gasteiger partial charge in [0.05, 0.1) is 4.88 Å². The largest absolute Gasteiger partial charge is 0.481 e. The highest BCUT2D eigenvalue weighted by Gasteiger charge is 2.20. The summed E-state index contributed by atoms with van der Waals surface area (Å²) in [6.45, 7) is 0.623. The van der Waals surface area contributed by atoms with E-state index in [0.717, 1.165) is 23.2 Å². The van der Waals surface area contributed by atoms with E-state index >= 15 is 0 Å². The summed E-state index contributed by atoms with van der Waals surface area (Å²) in [7, 11) is -3.36. The molecule has 1 heterocycles. The predicted molar refractivity (Wildman–Crippen MR) is 95.5 cm³/mol. The number of carbonyl (C=O) groups excluding carboxylic acids is 1. The molecule has 134 valence electrons. The Labute approximate surface area is 150 Å². The van der Waals surface area contributed by atoms with Crippen molar-refractivity contribution >= 4 is 33.1 Å². The van der Waals surface area contributed by atoms with Gasteiger partial charge in [-0.1, -0.05) is 30.3 Å². The highest BCUT2D eigenvalue weighted by Crippen LogP contribution is 2.23. The first-order valence-corrected chi connectivity index (χ1v) is 10.3. The van der Waals surface area contributed by atoms with Gasteiger partial charge in [-0.25, -0.2) is 8.42 Å². The third-order valence-corrected chi connectivity index (χ3v) is 6.37. The fourth-order valence-electron chi connectivity index (χ4n) is 2.27. The van der Waals surface area contributed by atoms with Crippen molar-refractivity contribution in [3.05, 3.63) is 52.9 Å². The number of carboxylic acid groups (broad SMARTS) is 1. The van der Waals surface area contributed by atoms with Crippen LogP contribution in [0, 0.1) is 0 Å². The summed E-state index contributed by atoms with van der Waals surface area (Å²) in [6, 6.07) is 12.3. The molecule has 0 fully saturated rings. The highest BCUT2D eigenvalue weighted by atomic mass is 32.2. The van der Waals surface area contributed by atoms with Crippen LogP contribution < -0.4 is 0 Å². The van der Waals surface area contributed by atoms with Crippen LogP contribution >= 0.6 is 11.3 Å². The molecular weight excluding hydrogens is 362 g/mol. The fourth-order valence-corrected chi connectivity index (χ4v) is 4.16. The van der Waals surface area contributed by atoms with Gasteiger partial charge in [0.15, 0.2) is 9.84 Å². The number of benzene rings is 1. The zero-order valence-corrected chi connectivity index (χ0v) is 15.3. The van der Waals surface area contributed by atoms with Crippen molar-refractivity contribution in [2.75, 3.05) is 12.8 Å². The van der Waals surface area contributed by atoms with Gasteiger partial charge < -0.3 is 10.0 Å². The molecule has 0 unspecified atom stereocenters. The number of hydrogen-bond acceptors (Lipinski definition) is 5. The fraction of sp³-hybridized carbons (Fsp3) is 0.294. The Morgan fingerprint density at radius 2 is 1.80 bits per heavy atom. The minimum absolute atomic E-state index is 0.0302. The molecule has 0 bridgehead atoms. The molecule has 0 atom stereocenters. The molecule has 0 saturated heterocycles. The summed E-state index contributed by atoms with van der Waals surface area (Å²) in [5.41, 5.74) is 0.922. The van der Waals surface area contributed by atoms with E-state index in [0.29, 0.717) is 17.8 Å². The molecule has 0 spiro atoms. The van der Waals surface area contributed by atoms with E-state index < -0.39 is 15.8 Å². The maximum Gasteiger partial charge on any atom is 0.303 e. The zero-order chi connectivity index (χ0) is 18.4. The van der Waals surface area contributed by atoms with Crippen LogP contribution in [0.1, 0.15) is 28.1 Å². The van der Waals surface area contributed by atoms with E-state index in [1.165, 1.54) is 12.1 Å². The topological polar surface area (TPSA) is 91.8 Å². The number of thiophene rings is 1. The van der Waals surface area contributed by atoms with Crippen LogP contribution in [0.3, 0.4) is 0 Å². The molecular formula is C17H19NO5S2. The summed E-state index contributed by atoms with van der Waals surface area (Å²) in [5, 5.41) is 8.80. The Morgan fingerprint density at radius 3 is 2.36 bits per heavy atom. The first-order valence-electron chi connectivity index (χ1n) is 7.62. The number of amides is 1. The maximum atomic E-state index is 12.8. The lowest BCUT2D eigenvalue weighted by molar-refractivity contribution is -0.137. The normalized spacial score (nSPS) is 11.2. The summed E-state index contributed by atoms with van der Waals surface area (Å²) >= 11 is 0.931. The lowest BCUT2D eigenvalue weighted by Gasteiger charge is -2.22. The third kappa shape index (κ3) is 5.68. The maximum absolute atomic E-state index is 12.8. The molecule has 0 aliphatic carbocycles. The molecule has 6 nitrogen and oxygen atoms in total. The first-order chi connectivity index (χ1) is 11.8. The molecule has 0 aliphatic rings. The quantitative estimate of drug-likeness (QED) is 0.759. The molecule has 25 heavy (non-hydrogen) atoms. The monoisotopic (exact) mass is 381 g/mol. The number of sulfone groups is 1. The van der Waals surface area contributed by atoms with Gasteiger partial charge in [0.1, 0.15) is 4.21 Å². The van der Waals surface area contributed by atoms with Crippen molar-refractivity contribution in [2.24, 2.45) is 0 Å². The van der Waals surface area contributed by atoms with Crippen molar-refractivity contribution in [3.8, 4) is 0 Å². The number of aliphatic carboxylic acids is 1. The molecule has 1 aromatic carbocycles. The van der Waals surface area contributed by atoms with Crippen LogP contribution in [0.5, 0.6) is 0 Å². The standard InChI is InChI=1S/C17H19NO5S2/c1-25(22,23)16-10-9-14(24-16)17(21)18(11-5-8-15(19)20)12-13-6-3-2-4-7-13/h2-4,6-7,9-10H,5,8,11-12H2,1H3,(H,19,20). The van der Waals surface area contributed by atoms with Crippen molar-refractivity contribution in [1.82, 2.24) is 4.90 Å². The average Bonchev–Trinajstić information content (AvgIpc) is 3.04. The Hall–Kier alpha value is -2.19. The number of nitrogens with zero attached hydrogens (tertiary/aromatic N) is 1. The summed E-state index contributed by atoms with van der Waals surface area (Å²) in [6.07, 6.45) is 1.40. The first kappa shape index (κ1) is 19.1. The second-order valence-corrected chi connectivity index (χ2v) is 8.93. The molecule has 8 heteroatoms. The van der Waals surface area contributed by atoms with Crippen LogP contribution in [0.2, 0.25) is 0 Å². The van der Waals surface area contributed by atoms with E-state index in [1.54, 1.807) is 4.90 Å². The Bertz CT molecular complexity index is 843. The van der Waals surface area contributed by atoms with Gasteiger partial charge >= 0.3 is 5.97 Å². The van der Waals surface area contributed by atoms with Crippen molar-refractivity contribution in [1.29, 1.82) is 0 Å². The lowest BCUT2D eigenvalue weighted by Crippen LogP contribution is -2.31. The second kappa shape index (κ2) is 8.26. The Morgan fingerprint density at radius 1 is 1.12 bits per heavy atom. The molecule has 0 radical (unpaired) electrons. The van der Waals surface area contributed by atoms with Crippen LogP contribution in [-0.4, -0.2) is 43.1 Å². The summed E-state index contributed by atoms with van der Waals surface area (Å²) < 4.78 is 23.3.